The van der Waals surface area contributed by atoms with Crippen LogP contribution in [-0.2, 0) is 0 Å². The lowest BCUT2D eigenvalue weighted by atomic mass is 9.98. The van der Waals surface area contributed by atoms with Gasteiger partial charge in [0.2, 0.25) is 0 Å². The van der Waals surface area contributed by atoms with Crippen LogP contribution in [0, 0.1) is 0 Å². The van der Waals surface area contributed by atoms with Crippen LogP contribution < -0.4 is 4.90 Å². The molecule has 3 heteroatoms. The van der Waals surface area contributed by atoms with Crippen LogP contribution in [0.2, 0.25) is 0 Å². The van der Waals surface area contributed by atoms with E-state index < -0.39 is 0 Å². The molecule has 230 valence electrons. The van der Waals surface area contributed by atoms with Crippen LogP contribution in [0.1, 0.15) is 0 Å². The van der Waals surface area contributed by atoms with Gasteiger partial charge in [0.15, 0.2) is 0 Å². The molecule has 10 rings (SSSR count). The maximum Gasteiger partial charge on any atom is 0.143 e. The number of rotatable bonds is 5. The molecule has 3 nitrogen and oxygen atoms in total. The normalized spacial score (nSPS) is 11.7. The van der Waals surface area contributed by atoms with Gasteiger partial charge in [0.05, 0.1) is 22.4 Å². The van der Waals surface area contributed by atoms with E-state index in [0.717, 1.165) is 55.8 Å². The summed E-state index contributed by atoms with van der Waals surface area (Å²) in [6.45, 7) is 0. The Morgan fingerprint density at radius 3 is 1.96 bits per heavy atom. The van der Waals surface area contributed by atoms with Crippen LogP contribution in [0.5, 0.6) is 0 Å². The molecular formula is C46H30N2O. The highest BCUT2D eigenvalue weighted by Gasteiger charge is 2.23. The summed E-state index contributed by atoms with van der Waals surface area (Å²) in [5.41, 5.74) is 10.8. The van der Waals surface area contributed by atoms with Crippen LogP contribution in [-0.4, -0.2) is 4.57 Å². The third-order valence-electron chi connectivity index (χ3n) is 9.78. The first-order valence-electron chi connectivity index (χ1n) is 16.7. The predicted octanol–water partition coefficient (Wildman–Crippen LogP) is 13.0. The Bertz CT molecular complexity index is 2840. The van der Waals surface area contributed by atoms with Crippen molar-refractivity contribution in [1.29, 1.82) is 0 Å². The molecule has 0 fully saturated rings. The fourth-order valence-electron chi connectivity index (χ4n) is 7.62. The first kappa shape index (κ1) is 27.5. The van der Waals surface area contributed by atoms with E-state index in [1.54, 1.807) is 0 Å². The average Bonchev–Trinajstić information content (AvgIpc) is 3.71. The van der Waals surface area contributed by atoms with Crippen molar-refractivity contribution in [3.05, 3.63) is 182 Å². The van der Waals surface area contributed by atoms with Crippen LogP contribution >= 0.6 is 0 Å². The van der Waals surface area contributed by atoms with Crippen molar-refractivity contribution in [2.24, 2.45) is 0 Å². The summed E-state index contributed by atoms with van der Waals surface area (Å²) in [6.07, 6.45) is 0. The number of hydrogen-bond acceptors (Lipinski definition) is 2. The fraction of sp³-hybridized carbons (Fsp3) is 0. The summed E-state index contributed by atoms with van der Waals surface area (Å²) >= 11 is 0. The van der Waals surface area contributed by atoms with Gasteiger partial charge >= 0.3 is 0 Å². The molecule has 8 aromatic carbocycles. The zero-order valence-electron chi connectivity index (χ0n) is 26.6. The first-order chi connectivity index (χ1) is 24.3. The smallest absolute Gasteiger partial charge is 0.143 e. The molecule has 0 saturated carbocycles. The van der Waals surface area contributed by atoms with E-state index in [1.165, 1.54) is 32.6 Å². The first-order valence-corrected chi connectivity index (χ1v) is 16.7. The second-order valence-corrected chi connectivity index (χ2v) is 12.5. The fourth-order valence-corrected chi connectivity index (χ4v) is 7.62. The molecule has 0 bridgehead atoms. The molecule has 0 aliphatic carbocycles. The van der Waals surface area contributed by atoms with Gasteiger partial charge in [-0.05, 0) is 60.0 Å². The number of hydrogen-bond donors (Lipinski definition) is 0. The van der Waals surface area contributed by atoms with E-state index in [2.05, 4.69) is 185 Å². The molecule has 0 aliphatic rings. The molecule has 0 aliphatic heterocycles. The van der Waals surface area contributed by atoms with Crippen LogP contribution in [0.25, 0.3) is 71.3 Å². The van der Waals surface area contributed by atoms with Gasteiger partial charge in [0, 0.05) is 49.4 Å². The SMILES string of the molecule is c1ccc(-n2c3ccccc3c3cc(N(c4ccccc4-c4cccc5c4oc4ccccc45)c4cccc5ccccc45)ccc32)cc1. The molecule has 2 aromatic heterocycles. The largest absolute Gasteiger partial charge is 0.455 e. The minimum atomic E-state index is 0.897. The molecule has 0 radical (unpaired) electrons. The monoisotopic (exact) mass is 626 g/mol. The summed E-state index contributed by atoms with van der Waals surface area (Å²) in [7, 11) is 0. The zero-order valence-corrected chi connectivity index (χ0v) is 26.6. The topological polar surface area (TPSA) is 21.3 Å². The van der Waals surface area contributed by atoms with Gasteiger partial charge in [0.1, 0.15) is 11.2 Å². The van der Waals surface area contributed by atoms with E-state index in [1.807, 2.05) is 6.07 Å². The van der Waals surface area contributed by atoms with E-state index >= 15 is 0 Å². The lowest BCUT2D eigenvalue weighted by molar-refractivity contribution is 0.670. The molecule has 0 unspecified atom stereocenters. The highest BCUT2D eigenvalue weighted by molar-refractivity contribution is 6.13. The van der Waals surface area contributed by atoms with Crippen molar-refractivity contribution in [1.82, 2.24) is 4.57 Å². The van der Waals surface area contributed by atoms with Crippen LogP contribution in [0.15, 0.2) is 186 Å². The van der Waals surface area contributed by atoms with Gasteiger partial charge < -0.3 is 13.9 Å². The van der Waals surface area contributed by atoms with Gasteiger partial charge in [-0.3, -0.25) is 0 Å². The molecule has 0 N–H and O–H groups in total. The third-order valence-corrected chi connectivity index (χ3v) is 9.78. The number of benzene rings is 8. The molecule has 2 heterocycles. The minimum absolute atomic E-state index is 0.897. The molecule has 10 aromatic rings. The van der Waals surface area contributed by atoms with Crippen molar-refractivity contribution in [2.75, 3.05) is 4.90 Å². The predicted molar refractivity (Wildman–Crippen MR) is 206 cm³/mol. The number of anilines is 3. The lowest BCUT2D eigenvalue weighted by Gasteiger charge is -2.29. The highest BCUT2D eigenvalue weighted by Crippen LogP contribution is 2.47. The Balaban J connectivity index is 1.27. The Morgan fingerprint density at radius 2 is 1.04 bits per heavy atom. The maximum atomic E-state index is 6.58. The summed E-state index contributed by atoms with van der Waals surface area (Å²) in [4.78, 5) is 2.42. The lowest BCUT2D eigenvalue weighted by Crippen LogP contribution is -2.11. The Labute approximate surface area is 283 Å². The number of aromatic nitrogens is 1. The van der Waals surface area contributed by atoms with Crippen molar-refractivity contribution in [3.8, 4) is 16.8 Å². The number of furan rings is 1. The second-order valence-electron chi connectivity index (χ2n) is 12.5. The summed E-state index contributed by atoms with van der Waals surface area (Å²) in [5, 5.41) is 7.07. The molecule has 49 heavy (non-hydrogen) atoms. The van der Waals surface area contributed by atoms with Crippen LogP contribution in [0.3, 0.4) is 0 Å². The zero-order chi connectivity index (χ0) is 32.3. The number of fused-ring (bicyclic) bond motifs is 7. The molecule has 0 amide bonds. The van der Waals surface area contributed by atoms with Gasteiger partial charge in [-0.25, -0.2) is 0 Å². The summed E-state index contributed by atoms with van der Waals surface area (Å²) < 4.78 is 8.95. The van der Waals surface area contributed by atoms with E-state index in [9.17, 15) is 0 Å². The molecule has 0 atom stereocenters. The third kappa shape index (κ3) is 4.29. The van der Waals surface area contributed by atoms with Crippen molar-refractivity contribution < 1.29 is 4.42 Å². The van der Waals surface area contributed by atoms with E-state index in [0.29, 0.717) is 0 Å². The van der Waals surface area contributed by atoms with Crippen molar-refractivity contribution >= 4 is 71.6 Å². The summed E-state index contributed by atoms with van der Waals surface area (Å²) in [6, 6.07) is 65.0. The number of para-hydroxylation sites is 5. The molecular weight excluding hydrogens is 597 g/mol. The van der Waals surface area contributed by atoms with Gasteiger partial charge in [-0.15, -0.1) is 0 Å². The van der Waals surface area contributed by atoms with Crippen LogP contribution in [0.4, 0.5) is 17.1 Å². The Morgan fingerprint density at radius 1 is 0.408 bits per heavy atom. The average molecular weight is 627 g/mol. The van der Waals surface area contributed by atoms with Gasteiger partial charge in [-0.1, -0.05) is 127 Å². The Kier molecular flexibility index (Phi) is 6.18. The van der Waals surface area contributed by atoms with Crippen molar-refractivity contribution in [3.63, 3.8) is 0 Å². The minimum Gasteiger partial charge on any atom is -0.455 e. The second kappa shape index (κ2) is 11.0. The van der Waals surface area contributed by atoms with E-state index in [4.69, 9.17) is 4.42 Å². The van der Waals surface area contributed by atoms with Crippen molar-refractivity contribution in [2.45, 2.75) is 0 Å². The Hall–Kier alpha value is -6.58. The summed E-state index contributed by atoms with van der Waals surface area (Å²) in [5.74, 6) is 0. The molecule has 0 saturated heterocycles. The maximum absolute atomic E-state index is 6.58. The quantitative estimate of drug-likeness (QED) is 0.190. The van der Waals surface area contributed by atoms with Gasteiger partial charge in [0.25, 0.3) is 0 Å². The standard InChI is InChI=1S/C46H30N2O/c1-2-16-32(17-3-1)47-43-25-10-7-20-36(43)40-30-33(28-29-44(40)47)48(41-26-12-15-31-14-4-5-18-34(31)41)42-24-9-6-19-35(42)38-22-13-23-39-37-21-8-11-27-45(37)49-46(38)39/h1-30H. The number of nitrogens with zero attached hydrogens (tertiary/aromatic N) is 2. The highest BCUT2D eigenvalue weighted by atomic mass is 16.3. The van der Waals surface area contributed by atoms with E-state index in [-0.39, 0.29) is 0 Å². The van der Waals surface area contributed by atoms with Gasteiger partial charge in [-0.2, -0.15) is 0 Å². The molecule has 0 spiro atoms.